The largest absolute Gasteiger partial charge is 0.481 e. The predicted molar refractivity (Wildman–Crippen MR) is 119 cm³/mol. The third-order valence-corrected chi connectivity index (χ3v) is 8.22. The minimum atomic E-state index is -5.36. The Morgan fingerprint density at radius 2 is 1.63 bits per heavy atom. The first-order valence-corrected chi connectivity index (χ1v) is 13.8. The first-order valence-electron chi connectivity index (χ1n) is 10.8. The molecular formula is C16H25N5O15P2. The first kappa shape index (κ1) is 29.1. The highest BCUT2D eigenvalue weighted by atomic mass is 31.3. The Morgan fingerprint density at radius 1 is 1.03 bits per heavy atom. The van der Waals surface area contributed by atoms with Gasteiger partial charge in [-0.25, -0.2) is 14.1 Å². The Labute approximate surface area is 211 Å². The number of H-pyrrole nitrogens is 1. The lowest BCUT2D eigenvalue weighted by Gasteiger charge is -2.34. The molecule has 10 atom stereocenters. The molecule has 0 radical (unpaired) electrons. The Hall–Kier alpha value is -1.87. The molecule has 0 bridgehead atoms. The molecule has 0 aromatic carbocycles. The van der Waals surface area contributed by atoms with E-state index in [1.54, 1.807) is 0 Å². The van der Waals surface area contributed by atoms with E-state index < -0.39 is 83.6 Å². The molecule has 2 aliphatic heterocycles. The lowest BCUT2D eigenvalue weighted by atomic mass is 10.0. The summed E-state index contributed by atoms with van der Waals surface area (Å²) in [7, 11) is -10.7. The zero-order chi connectivity index (χ0) is 28.0. The minimum Gasteiger partial charge on any atom is -0.390 e. The van der Waals surface area contributed by atoms with Gasteiger partial charge in [-0.2, -0.15) is 9.29 Å². The van der Waals surface area contributed by atoms with Gasteiger partial charge < -0.3 is 50.5 Å². The molecule has 214 valence electrons. The van der Waals surface area contributed by atoms with E-state index in [1.807, 2.05) is 0 Å². The van der Waals surface area contributed by atoms with E-state index in [1.165, 1.54) is 0 Å². The summed E-state index contributed by atoms with van der Waals surface area (Å²) in [6.07, 6.45) is -11.5. The topological polar surface area (TPSA) is 311 Å². The molecule has 0 amide bonds. The summed E-state index contributed by atoms with van der Waals surface area (Å²) in [4.78, 5) is 41.5. The molecule has 2 saturated heterocycles. The summed E-state index contributed by atoms with van der Waals surface area (Å²) in [5, 5.41) is 49.6. The normalized spacial score (nSPS) is 35.2. The number of phosphoric ester groups is 2. The number of aliphatic hydroxyl groups excluding tert-OH is 5. The molecule has 0 aliphatic carbocycles. The second kappa shape index (κ2) is 11.0. The van der Waals surface area contributed by atoms with Gasteiger partial charge in [-0.1, -0.05) is 0 Å². The van der Waals surface area contributed by atoms with Crippen LogP contribution in [0.4, 0.5) is 5.95 Å². The Balaban J connectivity index is 1.36. The van der Waals surface area contributed by atoms with Crippen LogP contribution in [0.25, 0.3) is 11.2 Å². The van der Waals surface area contributed by atoms with Crippen molar-refractivity contribution in [3.63, 3.8) is 0 Å². The van der Waals surface area contributed by atoms with Gasteiger partial charge in [-0.15, -0.1) is 0 Å². The quantitative estimate of drug-likeness (QED) is 0.128. The van der Waals surface area contributed by atoms with Crippen molar-refractivity contribution in [1.29, 1.82) is 0 Å². The van der Waals surface area contributed by atoms with E-state index in [0.29, 0.717) is 0 Å². The van der Waals surface area contributed by atoms with Crippen molar-refractivity contribution < 1.29 is 67.3 Å². The summed E-state index contributed by atoms with van der Waals surface area (Å²) >= 11 is 0. The number of nitrogens with two attached hydrogens (primary N) is 1. The summed E-state index contributed by atoms with van der Waals surface area (Å²) in [6.45, 7) is -1.87. The van der Waals surface area contributed by atoms with Crippen LogP contribution in [0, 0.1) is 0 Å². The van der Waals surface area contributed by atoms with Crippen LogP contribution in [0.5, 0.6) is 0 Å². The van der Waals surface area contributed by atoms with Gasteiger partial charge in [-0.3, -0.25) is 23.4 Å². The van der Waals surface area contributed by atoms with Gasteiger partial charge in [0.15, 0.2) is 23.7 Å². The van der Waals surface area contributed by atoms with Crippen molar-refractivity contribution in [3.8, 4) is 0 Å². The smallest absolute Gasteiger partial charge is 0.390 e. The molecule has 22 heteroatoms. The van der Waals surface area contributed by atoms with Gasteiger partial charge in [-0.05, 0) is 0 Å². The standard InChI is InChI=1S/C16H25N5O15P2/c17-16-19-13-9(14(27)20-16)18-4-21(13)15-12(26)11(25)7(35-15)3-33-38(30,31)36-37(28,29)32-2-6-10(24)5(22)1-8(23)34-6/h4-8,10-12,15,22-26H,1-3H2,(H,28,29)(H,30,31)(H3,17,19,20,27)/t5-,6-,7+,8-,10+,11+,12+,15+/m1/s1. The summed E-state index contributed by atoms with van der Waals surface area (Å²) in [6, 6.07) is 0. The highest BCUT2D eigenvalue weighted by molar-refractivity contribution is 7.61. The highest BCUT2D eigenvalue weighted by Gasteiger charge is 2.46. The van der Waals surface area contributed by atoms with E-state index in [2.05, 4.69) is 28.3 Å². The third kappa shape index (κ3) is 6.30. The number of anilines is 1. The van der Waals surface area contributed by atoms with Crippen molar-refractivity contribution >= 4 is 32.8 Å². The van der Waals surface area contributed by atoms with Crippen molar-refractivity contribution in [1.82, 2.24) is 19.5 Å². The third-order valence-electron chi connectivity index (χ3n) is 5.62. The van der Waals surface area contributed by atoms with Crippen LogP contribution in [0.3, 0.4) is 0 Å². The number of hydrogen-bond acceptors (Lipinski definition) is 16. The van der Waals surface area contributed by atoms with E-state index in [9.17, 15) is 49.2 Å². The molecule has 2 fully saturated rings. The molecule has 10 N–H and O–H groups in total. The van der Waals surface area contributed by atoms with Crippen LogP contribution in [-0.4, -0.2) is 111 Å². The fourth-order valence-electron chi connectivity index (χ4n) is 3.81. The minimum absolute atomic E-state index is 0.0919. The Kier molecular flexibility index (Phi) is 8.39. The lowest BCUT2D eigenvalue weighted by molar-refractivity contribution is -0.238. The number of aromatic nitrogens is 4. The zero-order valence-corrected chi connectivity index (χ0v) is 20.8. The number of fused-ring (bicyclic) bond motifs is 1. The van der Waals surface area contributed by atoms with Crippen LogP contribution in [0.2, 0.25) is 0 Å². The maximum Gasteiger partial charge on any atom is 0.481 e. The maximum absolute atomic E-state index is 12.2. The molecule has 20 nitrogen and oxygen atoms in total. The van der Waals surface area contributed by atoms with Gasteiger partial charge in [0.2, 0.25) is 5.95 Å². The number of nitrogens with one attached hydrogen (secondary N) is 1. The average Bonchev–Trinajstić information content (AvgIpc) is 3.34. The molecule has 0 spiro atoms. The van der Waals surface area contributed by atoms with Gasteiger partial charge >= 0.3 is 15.6 Å². The summed E-state index contributed by atoms with van der Waals surface area (Å²) < 4.78 is 49.0. The molecular weight excluding hydrogens is 564 g/mol. The van der Waals surface area contributed by atoms with E-state index in [0.717, 1.165) is 10.9 Å². The van der Waals surface area contributed by atoms with Gasteiger partial charge in [0.05, 0.1) is 25.6 Å². The fraction of sp³-hybridized carbons (Fsp3) is 0.688. The van der Waals surface area contributed by atoms with Gasteiger partial charge in [0, 0.05) is 6.42 Å². The summed E-state index contributed by atoms with van der Waals surface area (Å²) in [5.74, 6) is -0.261. The number of imidazole rings is 1. The molecule has 38 heavy (non-hydrogen) atoms. The monoisotopic (exact) mass is 589 g/mol. The van der Waals surface area contributed by atoms with E-state index in [4.69, 9.17) is 15.2 Å². The number of hydrogen-bond donors (Lipinski definition) is 9. The number of ether oxygens (including phenoxy) is 2. The van der Waals surface area contributed by atoms with Crippen molar-refractivity contribution in [2.24, 2.45) is 0 Å². The predicted octanol–water partition coefficient (Wildman–Crippen LogP) is -3.60. The number of rotatable bonds is 9. The average molecular weight is 589 g/mol. The van der Waals surface area contributed by atoms with Crippen molar-refractivity contribution in [2.75, 3.05) is 18.9 Å². The highest BCUT2D eigenvalue weighted by Crippen LogP contribution is 2.60. The van der Waals surface area contributed by atoms with Gasteiger partial charge in [0.1, 0.15) is 30.5 Å². The van der Waals surface area contributed by atoms with Crippen LogP contribution in [0.1, 0.15) is 12.6 Å². The number of nitrogen functional groups attached to an aromatic ring is 1. The zero-order valence-electron chi connectivity index (χ0n) is 19.0. The summed E-state index contributed by atoms with van der Waals surface area (Å²) in [5.41, 5.74) is 4.61. The molecule has 2 aliphatic rings. The maximum atomic E-state index is 12.2. The van der Waals surface area contributed by atoms with Crippen LogP contribution in [0.15, 0.2) is 11.1 Å². The molecule has 2 aromatic heterocycles. The van der Waals surface area contributed by atoms with E-state index >= 15 is 0 Å². The van der Waals surface area contributed by atoms with Gasteiger partial charge in [0.25, 0.3) is 5.56 Å². The van der Waals surface area contributed by atoms with Crippen molar-refractivity contribution in [2.45, 2.75) is 55.6 Å². The molecule has 2 aromatic rings. The van der Waals surface area contributed by atoms with Crippen molar-refractivity contribution in [3.05, 3.63) is 16.7 Å². The van der Waals surface area contributed by atoms with Crippen LogP contribution in [-0.2, 0) is 32.0 Å². The second-order valence-corrected chi connectivity index (χ2v) is 11.4. The Bertz CT molecular complexity index is 1310. The molecule has 0 saturated carbocycles. The number of nitrogens with zero attached hydrogens (tertiary/aromatic N) is 3. The number of aromatic amines is 1. The number of aliphatic hydroxyl groups is 5. The Morgan fingerprint density at radius 3 is 2.26 bits per heavy atom. The molecule has 4 heterocycles. The van der Waals surface area contributed by atoms with E-state index in [-0.39, 0.29) is 23.5 Å². The fourth-order valence-corrected chi connectivity index (χ4v) is 5.90. The molecule has 4 rings (SSSR count). The van der Waals surface area contributed by atoms with Crippen LogP contribution >= 0.6 is 15.6 Å². The first-order chi connectivity index (χ1) is 17.7. The molecule has 2 unspecified atom stereocenters. The SMILES string of the molecule is Nc1nc2c(ncn2[C@H]2O[C@@H](COP(=O)(O)OP(=O)(O)OC[C@H]3O[C@@H](O)C[C@@H](O)[C@@H]3O)[C@H](O)[C@@H]2O)c(=O)[nH]1. The van der Waals surface area contributed by atoms with Crippen LogP contribution < -0.4 is 11.3 Å². The number of phosphoric acid groups is 2. The second-order valence-electron chi connectivity index (χ2n) is 8.35. The lowest BCUT2D eigenvalue weighted by Crippen LogP contribution is -2.50.